The Balaban J connectivity index is 1.40. The summed E-state index contributed by atoms with van der Waals surface area (Å²) in [5, 5.41) is 5.81. The number of ether oxygens (including phenoxy) is 1. The summed E-state index contributed by atoms with van der Waals surface area (Å²) in [6, 6.07) is 26.8. The molecule has 0 unspecified atom stereocenters. The van der Waals surface area contributed by atoms with Crippen LogP contribution in [-0.2, 0) is 13.2 Å². The summed E-state index contributed by atoms with van der Waals surface area (Å²) in [5.41, 5.74) is 3.45. The molecule has 0 saturated heterocycles. The van der Waals surface area contributed by atoms with E-state index in [0.717, 1.165) is 23.4 Å². The van der Waals surface area contributed by atoms with Crippen LogP contribution in [0.25, 0.3) is 10.8 Å². The highest BCUT2D eigenvalue weighted by molar-refractivity contribution is 5.84. The number of hydrogen-bond donors (Lipinski definition) is 1. The predicted octanol–water partition coefficient (Wildman–Crippen LogP) is 5.43. The summed E-state index contributed by atoms with van der Waals surface area (Å²) in [7, 11) is 0. The van der Waals surface area contributed by atoms with Crippen molar-refractivity contribution in [3.8, 4) is 5.75 Å². The topological polar surface area (TPSA) is 34.1 Å². The molecule has 1 N–H and O–H groups in total. The third-order valence-corrected chi connectivity index (χ3v) is 4.28. The Bertz CT molecular complexity index is 999. The van der Waals surface area contributed by atoms with Gasteiger partial charge >= 0.3 is 0 Å². The standard InChI is InChI=1S/C23H20N2O/c1-2-5-18(6-3-1)17-26-23-8-4-7-19(13-23)15-25-22-10-9-21-16-24-12-11-20(21)14-22/h1-14,16,25H,15,17H2. The fourth-order valence-corrected chi connectivity index (χ4v) is 2.88. The highest BCUT2D eigenvalue weighted by Gasteiger charge is 2.00. The minimum Gasteiger partial charge on any atom is -0.489 e. The Labute approximate surface area is 153 Å². The molecule has 0 bridgehead atoms. The van der Waals surface area contributed by atoms with Crippen molar-refractivity contribution in [3.63, 3.8) is 0 Å². The normalized spacial score (nSPS) is 10.6. The third kappa shape index (κ3) is 4.01. The Morgan fingerprint density at radius 2 is 1.65 bits per heavy atom. The maximum Gasteiger partial charge on any atom is 0.120 e. The van der Waals surface area contributed by atoms with Gasteiger partial charge < -0.3 is 10.1 Å². The second-order valence-corrected chi connectivity index (χ2v) is 6.21. The van der Waals surface area contributed by atoms with Crippen LogP contribution in [0.15, 0.2) is 91.3 Å². The van der Waals surface area contributed by atoms with Gasteiger partial charge in [0.15, 0.2) is 0 Å². The zero-order valence-corrected chi connectivity index (χ0v) is 14.4. The van der Waals surface area contributed by atoms with E-state index >= 15 is 0 Å². The van der Waals surface area contributed by atoms with Crippen LogP contribution in [0.2, 0.25) is 0 Å². The largest absolute Gasteiger partial charge is 0.489 e. The second kappa shape index (κ2) is 7.70. The number of pyridine rings is 1. The molecule has 0 aliphatic heterocycles. The Morgan fingerprint density at radius 3 is 2.58 bits per heavy atom. The quantitative estimate of drug-likeness (QED) is 0.508. The molecule has 128 valence electrons. The molecule has 0 aliphatic carbocycles. The lowest BCUT2D eigenvalue weighted by Crippen LogP contribution is -2.00. The van der Waals surface area contributed by atoms with Gasteiger partial charge in [0.25, 0.3) is 0 Å². The van der Waals surface area contributed by atoms with E-state index in [1.807, 2.05) is 48.8 Å². The van der Waals surface area contributed by atoms with Crippen LogP contribution in [-0.4, -0.2) is 4.98 Å². The lowest BCUT2D eigenvalue weighted by Gasteiger charge is -2.10. The molecule has 1 heterocycles. The van der Waals surface area contributed by atoms with Crippen LogP contribution in [0, 0.1) is 0 Å². The van der Waals surface area contributed by atoms with Gasteiger partial charge in [0, 0.05) is 30.0 Å². The summed E-state index contributed by atoms with van der Waals surface area (Å²) in [6.07, 6.45) is 3.70. The predicted molar refractivity (Wildman–Crippen MR) is 106 cm³/mol. The van der Waals surface area contributed by atoms with Gasteiger partial charge in [0.2, 0.25) is 0 Å². The lowest BCUT2D eigenvalue weighted by atomic mass is 10.1. The van der Waals surface area contributed by atoms with E-state index in [9.17, 15) is 0 Å². The van der Waals surface area contributed by atoms with Crippen molar-refractivity contribution < 1.29 is 4.74 Å². The summed E-state index contributed by atoms with van der Waals surface area (Å²) in [4.78, 5) is 4.15. The molecule has 0 fully saturated rings. The van der Waals surface area contributed by atoms with Gasteiger partial charge in [-0.2, -0.15) is 0 Å². The Morgan fingerprint density at radius 1 is 0.769 bits per heavy atom. The highest BCUT2D eigenvalue weighted by atomic mass is 16.5. The lowest BCUT2D eigenvalue weighted by molar-refractivity contribution is 0.306. The monoisotopic (exact) mass is 340 g/mol. The van der Waals surface area contributed by atoms with E-state index in [1.165, 1.54) is 16.5 Å². The molecule has 0 spiro atoms. The Hall–Kier alpha value is -3.33. The molecule has 0 amide bonds. The van der Waals surface area contributed by atoms with Gasteiger partial charge in [-0.15, -0.1) is 0 Å². The van der Waals surface area contributed by atoms with Gasteiger partial charge in [-0.25, -0.2) is 0 Å². The first kappa shape index (κ1) is 16.2. The number of hydrogen-bond acceptors (Lipinski definition) is 3. The number of fused-ring (bicyclic) bond motifs is 1. The van der Waals surface area contributed by atoms with Crippen molar-refractivity contribution in [3.05, 3.63) is 102 Å². The molecular weight excluding hydrogens is 320 g/mol. The minimum atomic E-state index is 0.580. The summed E-state index contributed by atoms with van der Waals surface area (Å²) < 4.78 is 5.91. The SMILES string of the molecule is c1ccc(COc2cccc(CNc3ccc4cnccc4c3)c2)cc1. The average molecular weight is 340 g/mol. The van der Waals surface area contributed by atoms with Gasteiger partial charge in [-0.05, 0) is 46.8 Å². The maximum absolute atomic E-state index is 5.91. The number of nitrogens with zero attached hydrogens (tertiary/aromatic N) is 1. The van der Waals surface area contributed by atoms with Crippen molar-refractivity contribution in [2.75, 3.05) is 5.32 Å². The zero-order chi connectivity index (χ0) is 17.6. The van der Waals surface area contributed by atoms with Gasteiger partial charge in [0.1, 0.15) is 12.4 Å². The first-order valence-electron chi connectivity index (χ1n) is 8.70. The molecule has 26 heavy (non-hydrogen) atoms. The number of nitrogens with one attached hydrogen (secondary N) is 1. The van der Waals surface area contributed by atoms with Crippen LogP contribution >= 0.6 is 0 Å². The van der Waals surface area contributed by atoms with Crippen molar-refractivity contribution in [1.29, 1.82) is 0 Å². The zero-order valence-electron chi connectivity index (χ0n) is 14.4. The van der Waals surface area contributed by atoms with Crippen LogP contribution in [0.5, 0.6) is 5.75 Å². The molecular formula is C23H20N2O. The van der Waals surface area contributed by atoms with E-state index < -0.39 is 0 Å². The molecule has 1 aromatic heterocycles. The van der Waals surface area contributed by atoms with Gasteiger partial charge in [-0.1, -0.05) is 48.5 Å². The van der Waals surface area contributed by atoms with Crippen LogP contribution < -0.4 is 10.1 Å². The molecule has 0 saturated carbocycles. The summed E-state index contributed by atoms with van der Waals surface area (Å²) in [6.45, 7) is 1.33. The Kier molecular flexibility index (Phi) is 4.79. The fraction of sp³-hybridized carbons (Fsp3) is 0.0870. The van der Waals surface area contributed by atoms with E-state index in [0.29, 0.717) is 6.61 Å². The summed E-state index contributed by atoms with van der Waals surface area (Å²) >= 11 is 0. The molecule has 0 atom stereocenters. The number of benzene rings is 3. The number of rotatable bonds is 6. The minimum absolute atomic E-state index is 0.580. The van der Waals surface area contributed by atoms with Crippen LogP contribution in [0.4, 0.5) is 5.69 Å². The smallest absolute Gasteiger partial charge is 0.120 e. The van der Waals surface area contributed by atoms with E-state index in [-0.39, 0.29) is 0 Å². The molecule has 3 nitrogen and oxygen atoms in total. The first-order chi connectivity index (χ1) is 12.9. The van der Waals surface area contributed by atoms with E-state index in [1.54, 1.807) is 0 Å². The first-order valence-corrected chi connectivity index (χ1v) is 8.70. The van der Waals surface area contributed by atoms with E-state index in [2.05, 4.69) is 52.8 Å². The summed E-state index contributed by atoms with van der Waals surface area (Å²) in [5.74, 6) is 0.887. The van der Waals surface area contributed by atoms with Gasteiger partial charge in [-0.3, -0.25) is 4.98 Å². The highest BCUT2D eigenvalue weighted by Crippen LogP contribution is 2.20. The molecule has 4 aromatic rings. The molecule has 4 rings (SSSR count). The van der Waals surface area contributed by atoms with Crippen LogP contribution in [0.3, 0.4) is 0 Å². The molecule has 0 radical (unpaired) electrons. The second-order valence-electron chi connectivity index (χ2n) is 6.21. The van der Waals surface area contributed by atoms with Crippen molar-refractivity contribution in [2.24, 2.45) is 0 Å². The van der Waals surface area contributed by atoms with Crippen molar-refractivity contribution in [1.82, 2.24) is 4.98 Å². The average Bonchev–Trinajstić information content (AvgIpc) is 2.72. The van der Waals surface area contributed by atoms with Crippen molar-refractivity contribution >= 4 is 16.5 Å². The molecule has 3 aromatic carbocycles. The molecule has 3 heteroatoms. The number of aromatic nitrogens is 1. The van der Waals surface area contributed by atoms with E-state index in [4.69, 9.17) is 4.74 Å². The number of anilines is 1. The van der Waals surface area contributed by atoms with Gasteiger partial charge in [0.05, 0.1) is 0 Å². The van der Waals surface area contributed by atoms with Crippen LogP contribution in [0.1, 0.15) is 11.1 Å². The third-order valence-electron chi connectivity index (χ3n) is 4.28. The maximum atomic E-state index is 5.91. The fourth-order valence-electron chi connectivity index (χ4n) is 2.88. The molecule has 0 aliphatic rings. The van der Waals surface area contributed by atoms with Crippen molar-refractivity contribution in [2.45, 2.75) is 13.2 Å².